The van der Waals surface area contributed by atoms with Crippen LogP contribution >= 0.6 is 0 Å². The number of rotatable bonds is 10. The zero-order valence-corrected chi connectivity index (χ0v) is 26.6. The monoisotopic (exact) mass is 579 g/mol. The number of fused-ring (bicyclic) bond motifs is 1. The number of carbonyl (C=O) groups is 1. The molecule has 3 aromatic rings. The largest absolute Gasteiger partial charge is 0.371 e. The van der Waals surface area contributed by atoms with Crippen LogP contribution in [0.4, 0.5) is 5.69 Å². The van der Waals surface area contributed by atoms with Gasteiger partial charge >= 0.3 is 0 Å². The summed E-state index contributed by atoms with van der Waals surface area (Å²) in [5.74, 6) is 1.85. The number of ketones is 1. The van der Waals surface area contributed by atoms with Gasteiger partial charge in [-0.3, -0.25) is 14.2 Å². The minimum Gasteiger partial charge on any atom is -0.371 e. The van der Waals surface area contributed by atoms with Gasteiger partial charge < -0.3 is 4.90 Å². The Hall–Kier alpha value is -3.47. The molecule has 0 unspecified atom stereocenters. The molecule has 0 bridgehead atoms. The minimum atomic E-state index is -0.0660. The summed E-state index contributed by atoms with van der Waals surface area (Å²) in [7, 11) is 0. The van der Waals surface area contributed by atoms with E-state index in [0.29, 0.717) is 30.7 Å². The van der Waals surface area contributed by atoms with Gasteiger partial charge in [0.05, 0.1) is 5.69 Å². The van der Waals surface area contributed by atoms with Crippen LogP contribution in [0.25, 0.3) is 11.0 Å². The van der Waals surface area contributed by atoms with Gasteiger partial charge in [-0.2, -0.15) is 0 Å². The van der Waals surface area contributed by atoms with Gasteiger partial charge in [-0.1, -0.05) is 51.6 Å². The number of anilines is 1. The molecule has 2 aliphatic rings. The van der Waals surface area contributed by atoms with Gasteiger partial charge in [-0.05, 0) is 111 Å². The van der Waals surface area contributed by atoms with E-state index in [2.05, 4.69) is 82.2 Å². The SMILES string of the molecule is C=CC(=O)CC1CCC(C(C)(C)Cn2c(=O)ccc3ccc([C@@H](C)c4ccc(N5CCC(C(=C)C)CC5)cc4)nc32)CC1. The van der Waals surface area contributed by atoms with Crippen LogP contribution in [-0.4, -0.2) is 28.4 Å². The fourth-order valence-corrected chi connectivity index (χ4v) is 7.40. The number of nitrogens with zero attached hydrogens (tertiary/aromatic N) is 3. The number of allylic oxidation sites excluding steroid dienone is 2. The lowest BCUT2D eigenvalue weighted by Gasteiger charge is -2.39. The van der Waals surface area contributed by atoms with Gasteiger partial charge in [0.15, 0.2) is 5.78 Å². The van der Waals surface area contributed by atoms with Crippen molar-refractivity contribution in [2.45, 2.75) is 85.1 Å². The Morgan fingerprint density at radius 1 is 1.00 bits per heavy atom. The summed E-state index contributed by atoms with van der Waals surface area (Å²) >= 11 is 0. The second kappa shape index (κ2) is 13.0. The highest BCUT2D eigenvalue weighted by Gasteiger charge is 2.34. The molecule has 0 amide bonds. The predicted octanol–water partition coefficient (Wildman–Crippen LogP) is 8.32. The van der Waals surface area contributed by atoms with Gasteiger partial charge in [0.25, 0.3) is 5.56 Å². The average Bonchev–Trinajstić information content (AvgIpc) is 3.02. The van der Waals surface area contributed by atoms with E-state index < -0.39 is 0 Å². The normalized spacial score (nSPS) is 20.6. The van der Waals surface area contributed by atoms with E-state index in [0.717, 1.165) is 55.5 Å². The van der Waals surface area contributed by atoms with Crippen molar-refractivity contribution < 1.29 is 4.79 Å². The second-order valence-corrected chi connectivity index (χ2v) is 13.9. The quantitative estimate of drug-likeness (QED) is 0.179. The zero-order valence-electron chi connectivity index (χ0n) is 26.6. The maximum atomic E-state index is 13.3. The molecule has 5 heteroatoms. The fraction of sp³-hybridized carbons (Fsp3) is 0.500. The summed E-state index contributed by atoms with van der Waals surface area (Å²) in [6.07, 6.45) is 8.69. The highest BCUT2D eigenvalue weighted by atomic mass is 16.1. The van der Waals surface area contributed by atoms with Crippen LogP contribution < -0.4 is 10.5 Å². The molecular formula is C38H49N3O2. The Balaban J connectivity index is 1.32. The first-order chi connectivity index (χ1) is 20.6. The van der Waals surface area contributed by atoms with Crippen LogP contribution in [0.2, 0.25) is 0 Å². The molecule has 1 aromatic carbocycles. The number of piperidine rings is 1. The summed E-state index contributed by atoms with van der Waals surface area (Å²) in [5, 5.41) is 0.992. The van der Waals surface area contributed by atoms with Crippen molar-refractivity contribution in [2.24, 2.45) is 23.2 Å². The van der Waals surface area contributed by atoms with Crippen molar-refractivity contribution in [3.05, 3.63) is 94.9 Å². The van der Waals surface area contributed by atoms with Crippen molar-refractivity contribution in [1.29, 1.82) is 0 Å². The molecule has 1 atom stereocenters. The Labute approximate surface area is 257 Å². The van der Waals surface area contributed by atoms with Gasteiger partial charge in [-0.15, -0.1) is 0 Å². The van der Waals surface area contributed by atoms with E-state index in [1.54, 1.807) is 6.07 Å². The molecule has 5 nitrogen and oxygen atoms in total. The molecule has 43 heavy (non-hydrogen) atoms. The first-order valence-electron chi connectivity index (χ1n) is 16.2. The first kappa shape index (κ1) is 31.0. The van der Waals surface area contributed by atoms with Crippen molar-refractivity contribution >= 4 is 22.5 Å². The van der Waals surface area contributed by atoms with Gasteiger partial charge in [0, 0.05) is 49.1 Å². The van der Waals surface area contributed by atoms with E-state index in [4.69, 9.17) is 4.98 Å². The number of hydrogen-bond acceptors (Lipinski definition) is 4. The number of benzene rings is 1. The number of pyridine rings is 2. The maximum Gasteiger partial charge on any atom is 0.252 e. The zero-order chi connectivity index (χ0) is 30.7. The molecule has 5 rings (SSSR count). The molecule has 1 saturated heterocycles. The third kappa shape index (κ3) is 7.03. The molecule has 1 aliphatic carbocycles. The molecule has 0 spiro atoms. The molecular weight excluding hydrogens is 530 g/mol. The number of aromatic nitrogens is 2. The predicted molar refractivity (Wildman–Crippen MR) is 179 cm³/mol. The van der Waals surface area contributed by atoms with Crippen LogP contribution in [0.3, 0.4) is 0 Å². The molecule has 3 heterocycles. The average molecular weight is 580 g/mol. The lowest BCUT2D eigenvalue weighted by atomic mass is 9.68. The molecule has 2 fully saturated rings. The number of hydrogen-bond donors (Lipinski definition) is 0. The summed E-state index contributed by atoms with van der Waals surface area (Å²) in [6.45, 7) is 19.5. The summed E-state index contributed by atoms with van der Waals surface area (Å²) in [4.78, 5) is 32.7. The molecule has 1 aliphatic heterocycles. The van der Waals surface area contributed by atoms with E-state index >= 15 is 0 Å². The van der Waals surface area contributed by atoms with Crippen LogP contribution in [0, 0.1) is 23.2 Å². The third-order valence-corrected chi connectivity index (χ3v) is 10.5. The fourth-order valence-electron chi connectivity index (χ4n) is 7.40. The summed E-state index contributed by atoms with van der Waals surface area (Å²) in [5.41, 5.74) is 5.50. The van der Waals surface area contributed by atoms with E-state index in [1.165, 1.54) is 35.7 Å². The lowest BCUT2D eigenvalue weighted by Crippen LogP contribution is -2.36. The summed E-state index contributed by atoms with van der Waals surface area (Å²) in [6, 6.07) is 16.7. The van der Waals surface area contributed by atoms with Crippen molar-refractivity contribution in [2.75, 3.05) is 18.0 Å². The number of carbonyl (C=O) groups excluding carboxylic acids is 1. The minimum absolute atomic E-state index is 0.00270. The second-order valence-electron chi connectivity index (χ2n) is 13.9. The maximum absolute atomic E-state index is 13.3. The molecule has 228 valence electrons. The van der Waals surface area contributed by atoms with Crippen molar-refractivity contribution in [3.8, 4) is 0 Å². The topological polar surface area (TPSA) is 55.2 Å². The molecule has 2 aromatic heterocycles. The third-order valence-electron chi connectivity index (χ3n) is 10.5. The lowest BCUT2D eigenvalue weighted by molar-refractivity contribution is -0.115. The van der Waals surface area contributed by atoms with Gasteiger partial charge in [-0.25, -0.2) is 4.98 Å². The highest BCUT2D eigenvalue weighted by Crippen LogP contribution is 2.42. The van der Waals surface area contributed by atoms with Gasteiger partial charge in [0.1, 0.15) is 5.65 Å². The Morgan fingerprint density at radius 3 is 2.28 bits per heavy atom. The van der Waals surface area contributed by atoms with E-state index in [9.17, 15) is 9.59 Å². The Morgan fingerprint density at radius 2 is 1.65 bits per heavy atom. The van der Waals surface area contributed by atoms with Crippen LogP contribution in [0.15, 0.2) is 78.1 Å². The molecule has 0 N–H and O–H groups in total. The smallest absolute Gasteiger partial charge is 0.252 e. The first-order valence-corrected chi connectivity index (χ1v) is 16.2. The standard InChI is InChI=1S/C38H49N3O2/c1-7-34(42)24-28-8-14-32(15-9-28)38(5,6)25-41-36(43)19-13-31-12-18-35(39-37(31)41)27(4)30-10-16-33(17-11-30)40-22-20-29(21-23-40)26(2)3/h7,10-13,16-19,27-29,32H,1-2,8-9,14-15,20-25H2,3-6H3/t27-,28?,32?/m0/s1. The Bertz CT molecular complexity index is 1520. The Kier molecular flexibility index (Phi) is 9.39. The van der Waals surface area contributed by atoms with Crippen LogP contribution in [0.1, 0.15) is 89.8 Å². The molecule has 1 saturated carbocycles. The van der Waals surface area contributed by atoms with Crippen LogP contribution in [0.5, 0.6) is 0 Å². The highest BCUT2D eigenvalue weighted by molar-refractivity contribution is 5.89. The van der Waals surface area contributed by atoms with Crippen LogP contribution in [-0.2, 0) is 11.3 Å². The van der Waals surface area contributed by atoms with Gasteiger partial charge in [0.2, 0.25) is 0 Å². The van der Waals surface area contributed by atoms with E-state index in [1.807, 2.05) is 10.6 Å². The van der Waals surface area contributed by atoms with Crippen molar-refractivity contribution in [3.63, 3.8) is 0 Å². The van der Waals surface area contributed by atoms with E-state index in [-0.39, 0.29) is 22.7 Å². The van der Waals surface area contributed by atoms with Crippen molar-refractivity contribution in [1.82, 2.24) is 9.55 Å². The summed E-state index contributed by atoms with van der Waals surface area (Å²) < 4.78 is 1.90. The molecule has 0 radical (unpaired) electrons.